The number of thiol groups is 1. The molecule has 1 aliphatic rings. The zero-order valence-corrected chi connectivity index (χ0v) is 13.9. The molecule has 1 saturated heterocycles. The summed E-state index contributed by atoms with van der Waals surface area (Å²) in [4.78, 5) is 0. The first kappa shape index (κ1) is 16.0. The summed E-state index contributed by atoms with van der Waals surface area (Å²) in [5, 5.41) is 0. The fourth-order valence-corrected chi connectivity index (χ4v) is 4.64. The Morgan fingerprint density at radius 2 is 2.12 bits per heavy atom. The Morgan fingerprint density at radius 1 is 1.47 bits per heavy atom. The molecule has 0 radical (unpaired) electrons. The fraction of sp³-hybridized carbons (Fsp3) is 1.00. The third-order valence-corrected chi connectivity index (χ3v) is 5.55. The van der Waals surface area contributed by atoms with Crippen molar-refractivity contribution in [1.82, 2.24) is 0 Å². The summed E-state index contributed by atoms with van der Waals surface area (Å²) in [7, 11) is 0. The van der Waals surface area contributed by atoms with E-state index < -0.39 is 5.69 Å². The van der Waals surface area contributed by atoms with Crippen LogP contribution in [0.5, 0.6) is 0 Å². The highest BCUT2D eigenvalue weighted by Gasteiger charge is 2.42. The van der Waals surface area contributed by atoms with E-state index in [0.29, 0.717) is 12.5 Å². The van der Waals surface area contributed by atoms with E-state index in [1.54, 1.807) is 0 Å². The Balaban J connectivity index is 2.61. The van der Waals surface area contributed by atoms with Crippen LogP contribution in [0.2, 0.25) is 0 Å². The number of unbranched alkanes of at least 4 members (excludes halogenated alkanes) is 2. The third kappa shape index (κ3) is 4.83. The number of rotatable bonds is 5. The molecular formula is C12H25O2PS2. The van der Waals surface area contributed by atoms with Gasteiger partial charge in [0.15, 0.2) is 0 Å². The first-order valence-electron chi connectivity index (χ1n) is 6.44. The van der Waals surface area contributed by atoms with Crippen LogP contribution in [0.1, 0.15) is 53.4 Å². The second-order valence-electron chi connectivity index (χ2n) is 5.73. The van der Waals surface area contributed by atoms with Crippen molar-refractivity contribution >= 4 is 29.7 Å². The summed E-state index contributed by atoms with van der Waals surface area (Å²) < 4.78 is 11.5. The van der Waals surface area contributed by atoms with E-state index >= 15 is 0 Å². The maximum absolute atomic E-state index is 5.95. The van der Waals surface area contributed by atoms with Crippen LogP contribution in [0, 0.1) is 11.3 Å². The molecule has 102 valence electrons. The van der Waals surface area contributed by atoms with Gasteiger partial charge in [-0.3, -0.25) is 0 Å². The van der Waals surface area contributed by atoms with Gasteiger partial charge in [0.1, 0.15) is 0 Å². The molecule has 0 saturated carbocycles. The molecule has 0 N–H and O–H groups in total. The second kappa shape index (κ2) is 6.38. The van der Waals surface area contributed by atoms with Gasteiger partial charge in [-0.1, -0.05) is 59.2 Å². The Labute approximate surface area is 116 Å². The van der Waals surface area contributed by atoms with Crippen molar-refractivity contribution in [3.63, 3.8) is 0 Å². The molecule has 3 atom stereocenters. The maximum atomic E-state index is 5.95. The Hall–Kier alpha value is 0.920. The highest BCUT2D eigenvalue weighted by atomic mass is 32.9. The second-order valence-corrected chi connectivity index (χ2v) is 11.0. The molecule has 0 bridgehead atoms. The molecule has 0 spiro atoms. The van der Waals surface area contributed by atoms with E-state index in [9.17, 15) is 0 Å². The minimum Gasteiger partial charge on any atom is -0.321 e. The highest BCUT2D eigenvalue weighted by Crippen LogP contribution is 2.61. The first-order chi connectivity index (χ1) is 7.78. The van der Waals surface area contributed by atoms with Crippen LogP contribution in [0.4, 0.5) is 0 Å². The molecular weight excluding hydrogens is 271 g/mol. The van der Waals surface area contributed by atoms with Crippen molar-refractivity contribution in [2.45, 2.75) is 59.5 Å². The lowest BCUT2D eigenvalue weighted by molar-refractivity contribution is -0.0364. The molecule has 1 rings (SSSR count). The number of hydrogen-bond donors (Lipinski definition) is 1. The summed E-state index contributed by atoms with van der Waals surface area (Å²) in [5.74, 6) is 0.523. The van der Waals surface area contributed by atoms with Crippen LogP contribution >= 0.6 is 17.9 Å². The fourth-order valence-electron chi connectivity index (χ4n) is 2.39. The predicted molar refractivity (Wildman–Crippen MR) is 81.2 cm³/mol. The lowest BCUT2D eigenvalue weighted by atomic mass is 9.79. The van der Waals surface area contributed by atoms with Crippen LogP contribution in [0.15, 0.2) is 0 Å². The lowest BCUT2D eigenvalue weighted by Gasteiger charge is -2.44. The van der Waals surface area contributed by atoms with Crippen molar-refractivity contribution in [3.8, 4) is 0 Å². The molecule has 1 heterocycles. The minimum atomic E-state index is -2.29. The maximum Gasteiger partial charge on any atom is 0.244 e. The van der Waals surface area contributed by atoms with Gasteiger partial charge in [-0.05, 0) is 24.1 Å². The van der Waals surface area contributed by atoms with Gasteiger partial charge in [0.2, 0.25) is 5.69 Å². The monoisotopic (exact) mass is 296 g/mol. The van der Waals surface area contributed by atoms with Gasteiger partial charge in [0, 0.05) is 5.41 Å². The molecule has 0 aliphatic carbocycles. The van der Waals surface area contributed by atoms with Gasteiger partial charge in [0.25, 0.3) is 0 Å². The van der Waals surface area contributed by atoms with Crippen LogP contribution < -0.4 is 0 Å². The van der Waals surface area contributed by atoms with Gasteiger partial charge >= 0.3 is 0 Å². The van der Waals surface area contributed by atoms with Gasteiger partial charge in [-0.2, -0.15) is 0 Å². The van der Waals surface area contributed by atoms with Crippen molar-refractivity contribution in [2.24, 2.45) is 11.3 Å². The van der Waals surface area contributed by atoms with Crippen LogP contribution in [0.3, 0.4) is 0 Å². The van der Waals surface area contributed by atoms with Crippen molar-refractivity contribution < 1.29 is 9.05 Å². The summed E-state index contributed by atoms with van der Waals surface area (Å²) >= 11 is 9.60. The molecule has 17 heavy (non-hydrogen) atoms. The summed E-state index contributed by atoms with van der Waals surface area (Å²) in [6.45, 7) is 9.53. The van der Waals surface area contributed by atoms with E-state index in [1.807, 2.05) is 0 Å². The SMILES string of the molecule is CCCCCC(C)C1OP(=S)(S)OCC1(C)C. The molecule has 1 fully saturated rings. The topological polar surface area (TPSA) is 18.5 Å². The summed E-state index contributed by atoms with van der Waals surface area (Å²) in [5.41, 5.74) is -2.25. The first-order valence-corrected chi connectivity index (χ1v) is 10.2. The quantitative estimate of drug-likeness (QED) is 0.446. The van der Waals surface area contributed by atoms with Crippen LogP contribution in [-0.4, -0.2) is 12.7 Å². The summed E-state index contributed by atoms with van der Waals surface area (Å²) in [6, 6.07) is 0. The van der Waals surface area contributed by atoms with E-state index in [-0.39, 0.29) is 11.5 Å². The predicted octanol–water partition coefficient (Wildman–Crippen LogP) is 4.80. The minimum absolute atomic E-state index is 0.0384. The van der Waals surface area contributed by atoms with Crippen LogP contribution in [0.25, 0.3) is 0 Å². The molecule has 2 nitrogen and oxygen atoms in total. The zero-order valence-electron chi connectivity index (χ0n) is 11.3. The normalized spacial score (nSPS) is 34.5. The lowest BCUT2D eigenvalue weighted by Crippen LogP contribution is -2.42. The van der Waals surface area contributed by atoms with E-state index in [1.165, 1.54) is 25.7 Å². The van der Waals surface area contributed by atoms with Crippen LogP contribution in [-0.2, 0) is 20.9 Å². The molecule has 0 amide bonds. The molecule has 0 aromatic rings. The molecule has 5 heteroatoms. The van der Waals surface area contributed by atoms with E-state index in [4.69, 9.17) is 20.9 Å². The third-order valence-electron chi connectivity index (χ3n) is 3.40. The number of hydrogen-bond acceptors (Lipinski definition) is 3. The average Bonchev–Trinajstić information content (AvgIpc) is 2.22. The van der Waals surface area contributed by atoms with Gasteiger partial charge in [-0.25, -0.2) is 0 Å². The van der Waals surface area contributed by atoms with E-state index in [0.717, 1.165) is 0 Å². The van der Waals surface area contributed by atoms with Gasteiger partial charge < -0.3 is 9.05 Å². The Bertz CT molecular complexity index is 294. The standard InChI is InChI=1S/C12H25O2PS2/c1-5-6-7-8-10(2)11-12(3,4)9-13-15(16,17)14-11/h10-11H,5-9H2,1-4H3,(H,16,17). The average molecular weight is 296 g/mol. The molecule has 0 aromatic heterocycles. The zero-order chi connectivity index (χ0) is 13.1. The Morgan fingerprint density at radius 3 is 2.71 bits per heavy atom. The van der Waals surface area contributed by atoms with Gasteiger partial charge in [0.05, 0.1) is 12.7 Å². The highest BCUT2D eigenvalue weighted by molar-refractivity contribution is 8.60. The van der Waals surface area contributed by atoms with Gasteiger partial charge in [-0.15, -0.1) is 0 Å². The molecule has 0 aromatic carbocycles. The molecule has 3 unspecified atom stereocenters. The largest absolute Gasteiger partial charge is 0.321 e. The van der Waals surface area contributed by atoms with Crippen molar-refractivity contribution in [3.05, 3.63) is 0 Å². The van der Waals surface area contributed by atoms with Crippen molar-refractivity contribution in [1.29, 1.82) is 0 Å². The smallest absolute Gasteiger partial charge is 0.244 e. The molecule has 1 aliphatic heterocycles. The summed E-state index contributed by atoms with van der Waals surface area (Å²) in [6.07, 6.45) is 5.20. The van der Waals surface area contributed by atoms with Crippen molar-refractivity contribution in [2.75, 3.05) is 6.61 Å². The van der Waals surface area contributed by atoms with E-state index in [2.05, 4.69) is 39.9 Å². The Kier molecular flexibility index (Phi) is 6.00.